The van der Waals surface area contributed by atoms with Crippen LogP contribution in [0.5, 0.6) is 0 Å². The van der Waals surface area contributed by atoms with Gasteiger partial charge >= 0.3 is 5.97 Å². The molecule has 0 aliphatic carbocycles. The van der Waals surface area contributed by atoms with E-state index < -0.39 is 22.6 Å². The summed E-state index contributed by atoms with van der Waals surface area (Å²) in [6.07, 6.45) is 8.59. The first-order chi connectivity index (χ1) is 20.9. The Labute approximate surface area is 265 Å². The number of hydrogen-bond acceptors (Lipinski definition) is 8. The van der Waals surface area contributed by atoms with Crippen molar-refractivity contribution in [3.63, 3.8) is 0 Å². The number of aromatic nitrogens is 3. The molecule has 2 aromatic rings. The van der Waals surface area contributed by atoms with Crippen LogP contribution in [0.25, 0.3) is 11.0 Å². The van der Waals surface area contributed by atoms with Crippen LogP contribution in [0.1, 0.15) is 44.9 Å². The Morgan fingerprint density at radius 2 is 2.00 bits per heavy atom. The summed E-state index contributed by atoms with van der Waals surface area (Å²) in [5, 5.41) is 17.7. The van der Waals surface area contributed by atoms with E-state index in [1.807, 2.05) is 30.3 Å². The van der Waals surface area contributed by atoms with Crippen molar-refractivity contribution in [3.05, 3.63) is 49.6 Å². The number of halogens is 1. The maximum Gasteiger partial charge on any atom is 0.310 e. The highest BCUT2D eigenvalue weighted by Gasteiger charge is 2.76. The normalized spacial score (nSPS) is 27.4. The van der Waals surface area contributed by atoms with E-state index in [1.165, 1.54) is 0 Å². The maximum atomic E-state index is 14.7. The molecule has 232 valence electrons. The van der Waals surface area contributed by atoms with Crippen molar-refractivity contribution in [1.29, 1.82) is 0 Å². The lowest BCUT2D eigenvalue weighted by atomic mass is 9.71. The number of unbranched alkanes of at least 4 members (excludes halogenated alkanes) is 4. The second-order valence-corrected chi connectivity index (χ2v) is 14.2. The van der Waals surface area contributed by atoms with E-state index >= 15 is 0 Å². The number of ether oxygens (including phenoxy) is 1. The number of rotatable bonds is 16. The summed E-state index contributed by atoms with van der Waals surface area (Å²) in [6, 6.07) is 6.81. The number of carbonyl (C=O) groups is 3. The Bertz CT molecular complexity index is 1350. The van der Waals surface area contributed by atoms with Crippen LogP contribution in [0.15, 0.2) is 49.6 Å². The van der Waals surface area contributed by atoms with Gasteiger partial charge in [0.25, 0.3) is 0 Å². The minimum absolute atomic E-state index is 0.0309. The number of nitrogens with zero attached hydrogens (tertiary/aromatic N) is 5. The van der Waals surface area contributed by atoms with Crippen LogP contribution in [-0.2, 0) is 25.8 Å². The summed E-state index contributed by atoms with van der Waals surface area (Å²) in [7, 11) is 0. The van der Waals surface area contributed by atoms with Crippen molar-refractivity contribution in [2.45, 2.75) is 72.5 Å². The van der Waals surface area contributed by atoms with E-state index in [-0.39, 0.29) is 47.7 Å². The van der Waals surface area contributed by atoms with Gasteiger partial charge in [0.15, 0.2) is 0 Å². The first-order valence-corrected chi connectivity index (χ1v) is 16.9. The standard InChI is InChI=1S/C31H40BrN5O5S/c1-3-5-6-12-18-42-30(41)24-25-28(39)36(16-10-7-11-17-38)27(31(25)19-21(32)26(24)43-31)29(40)35(15-4-2)20-37-23-14-9-8-13-22(23)33-34-37/h3-4,8-9,13-14,21,24-27,38H,1-2,5-7,10-12,15-20H2/t21?,24-,25-,26-,27?,31?/m0/s1. The van der Waals surface area contributed by atoms with Crippen molar-refractivity contribution in [1.82, 2.24) is 24.8 Å². The van der Waals surface area contributed by atoms with E-state index in [0.29, 0.717) is 32.4 Å². The van der Waals surface area contributed by atoms with Gasteiger partial charge in [-0.25, -0.2) is 4.68 Å². The molecule has 10 nitrogen and oxygen atoms in total. The summed E-state index contributed by atoms with van der Waals surface area (Å²) < 4.78 is 6.66. The highest BCUT2D eigenvalue weighted by Crippen LogP contribution is 2.68. The third-order valence-electron chi connectivity index (χ3n) is 8.79. The number of para-hydroxylation sites is 1. The molecule has 0 radical (unpaired) electrons. The maximum absolute atomic E-state index is 14.7. The van der Waals surface area contributed by atoms with Gasteiger partial charge in [-0.15, -0.1) is 30.0 Å². The van der Waals surface area contributed by atoms with E-state index in [1.54, 1.807) is 32.3 Å². The van der Waals surface area contributed by atoms with Gasteiger partial charge < -0.3 is 19.6 Å². The molecule has 6 atom stereocenters. The molecule has 3 aliphatic heterocycles. The number of thioether (sulfide) groups is 1. The molecule has 3 aliphatic rings. The van der Waals surface area contributed by atoms with Gasteiger partial charge in [0.2, 0.25) is 11.8 Å². The monoisotopic (exact) mass is 673 g/mol. The van der Waals surface area contributed by atoms with Crippen molar-refractivity contribution >= 4 is 56.5 Å². The molecule has 2 amide bonds. The van der Waals surface area contributed by atoms with Gasteiger partial charge in [0.1, 0.15) is 18.2 Å². The molecule has 1 aromatic heterocycles. The zero-order valence-corrected chi connectivity index (χ0v) is 26.8. The average Bonchev–Trinajstić information content (AvgIpc) is 3.72. The van der Waals surface area contributed by atoms with E-state index in [0.717, 1.165) is 36.7 Å². The van der Waals surface area contributed by atoms with Gasteiger partial charge in [0, 0.05) is 29.8 Å². The Kier molecular flexibility index (Phi) is 10.3. The average molecular weight is 675 g/mol. The number of benzene rings is 1. The predicted molar refractivity (Wildman–Crippen MR) is 169 cm³/mol. The second kappa shape index (κ2) is 13.9. The number of esters is 1. The molecule has 12 heteroatoms. The molecule has 4 heterocycles. The lowest BCUT2D eigenvalue weighted by molar-refractivity contribution is -0.154. The number of alkyl halides is 1. The first kappa shape index (κ1) is 31.7. The fourth-order valence-electron chi connectivity index (χ4n) is 6.88. The van der Waals surface area contributed by atoms with E-state index in [2.05, 4.69) is 39.4 Å². The van der Waals surface area contributed by atoms with Crippen LogP contribution >= 0.6 is 27.7 Å². The smallest absolute Gasteiger partial charge is 0.310 e. The number of amides is 2. The number of aliphatic hydroxyl groups is 1. The SMILES string of the molecule is C=CCCCCOC(=O)[C@H]1[C@H]2C(=O)N(CCCCCO)C(C(=O)N(CC=C)Cn3nnc4ccccc43)C23CC(Br)[C@@H]1S3. The first-order valence-electron chi connectivity index (χ1n) is 15.1. The molecule has 1 aromatic carbocycles. The molecule has 2 bridgehead atoms. The molecule has 3 saturated heterocycles. The Morgan fingerprint density at radius 1 is 1.19 bits per heavy atom. The van der Waals surface area contributed by atoms with Crippen LogP contribution in [0.3, 0.4) is 0 Å². The van der Waals surface area contributed by atoms with Gasteiger partial charge in [-0.2, -0.15) is 0 Å². The van der Waals surface area contributed by atoms with Gasteiger partial charge in [-0.05, 0) is 57.1 Å². The fourth-order valence-corrected chi connectivity index (χ4v) is 10.5. The van der Waals surface area contributed by atoms with E-state index in [9.17, 15) is 19.5 Å². The van der Waals surface area contributed by atoms with Crippen LogP contribution < -0.4 is 0 Å². The number of aliphatic hydroxyl groups excluding tert-OH is 1. The van der Waals surface area contributed by atoms with Crippen molar-refractivity contribution < 1.29 is 24.2 Å². The lowest BCUT2D eigenvalue weighted by Gasteiger charge is -2.37. The summed E-state index contributed by atoms with van der Waals surface area (Å²) >= 11 is 5.41. The van der Waals surface area contributed by atoms with Gasteiger partial charge in [-0.3, -0.25) is 14.4 Å². The Balaban J connectivity index is 1.45. The number of hydrogen-bond donors (Lipinski definition) is 1. The van der Waals surface area contributed by atoms with Crippen LogP contribution in [0.2, 0.25) is 0 Å². The summed E-state index contributed by atoms with van der Waals surface area (Å²) in [4.78, 5) is 45.8. The van der Waals surface area contributed by atoms with Crippen molar-refractivity contribution in [2.75, 3.05) is 26.3 Å². The minimum Gasteiger partial charge on any atom is -0.465 e. The van der Waals surface area contributed by atoms with Crippen molar-refractivity contribution in [3.8, 4) is 0 Å². The summed E-state index contributed by atoms with van der Waals surface area (Å²) in [5.41, 5.74) is 1.53. The molecule has 43 heavy (non-hydrogen) atoms. The largest absolute Gasteiger partial charge is 0.465 e. The molecule has 0 saturated carbocycles. The third-order valence-corrected chi connectivity index (χ3v) is 12.0. The quantitative estimate of drug-likeness (QED) is 0.123. The zero-order valence-electron chi connectivity index (χ0n) is 24.4. The summed E-state index contributed by atoms with van der Waals surface area (Å²) in [6.45, 7) is 8.79. The number of allylic oxidation sites excluding steroid dienone is 1. The minimum atomic E-state index is -0.764. The van der Waals surface area contributed by atoms with Crippen LogP contribution in [-0.4, -0.2) is 94.9 Å². The van der Waals surface area contributed by atoms with E-state index in [4.69, 9.17) is 4.74 Å². The predicted octanol–water partition coefficient (Wildman–Crippen LogP) is 3.93. The summed E-state index contributed by atoms with van der Waals surface area (Å²) in [5.74, 6) is -1.97. The molecule has 1 spiro atoms. The topological polar surface area (TPSA) is 118 Å². The third kappa shape index (κ3) is 6.02. The Hall–Kier alpha value is -2.70. The molecule has 3 fully saturated rings. The second-order valence-electron chi connectivity index (χ2n) is 11.5. The van der Waals surface area contributed by atoms with Gasteiger partial charge in [0.05, 0.1) is 28.7 Å². The fraction of sp³-hybridized carbons (Fsp3) is 0.581. The highest BCUT2D eigenvalue weighted by atomic mass is 79.9. The van der Waals surface area contributed by atoms with Crippen molar-refractivity contribution in [2.24, 2.45) is 11.8 Å². The zero-order chi connectivity index (χ0) is 30.6. The number of likely N-dealkylation sites (tertiary alicyclic amines) is 1. The molecule has 3 unspecified atom stereocenters. The van der Waals surface area contributed by atoms with Gasteiger partial charge in [-0.1, -0.05) is 45.4 Å². The number of fused-ring (bicyclic) bond motifs is 2. The molecular formula is C31H40BrN5O5S. The van der Waals surface area contributed by atoms with Crippen LogP contribution in [0, 0.1) is 11.8 Å². The Morgan fingerprint density at radius 3 is 2.77 bits per heavy atom. The number of carbonyl (C=O) groups excluding carboxylic acids is 3. The molecular weight excluding hydrogens is 634 g/mol. The van der Waals surface area contributed by atoms with Crippen LogP contribution in [0.4, 0.5) is 0 Å². The molecule has 5 rings (SSSR count). The lowest BCUT2D eigenvalue weighted by Crippen LogP contribution is -2.55. The highest BCUT2D eigenvalue weighted by molar-refractivity contribution is 9.09. The molecule has 1 N–H and O–H groups in total.